The number of benzene rings is 2. The van der Waals surface area contributed by atoms with Gasteiger partial charge in [0, 0.05) is 11.3 Å². The zero-order chi connectivity index (χ0) is 19.6. The molecule has 0 amide bonds. The number of rotatable bonds is 4. The second-order valence-electron chi connectivity index (χ2n) is 7.83. The lowest BCUT2D eigenvalue weighted by Crippen LogP contribution is -2.33. The van der Waals surface area contributed by atoms with Gasteiger partial charge in [0.2, 0.25) is 0 Å². The molecule has 0 aliphatic carbocycles. The van der Waals surface area contributed by atoms with Crippen molar-refractivity contribution >= 4 is 17.4 Å². The molecule has 5 nitrogen and oxygen atoms in total. The van der Waals surface area contributed by atoms with Crippen molar-refractivity contribution in [2.24, 2.45) is 0 Å². The number of anilines is 1. The van der Waals surface area contributed by atoms with Crippen molar-refractivity contribution in [1.82, 2.24) is 5.32 Å². The highest BCUT2D eigenvalue weighted by molar-refractivity contribution is 6.15. The molecule has 0 radical (unpaired) electrons. The van der Waals surface area contributed by atoms with Crippen molar-refractivity contribution in [2.45, 2.75) is 45.3 Å². The molecule has 0 aromatic heterocycles. The normalized spacial score (nSPS) is 16.9. The van der Waals surface area contributed by atoms with Gasteiger partial charge in [-0.05, 0) is 57.4 Å². The third kappa shape index (κ3) is 4.19. The predicted octanol–water partition coefficient (Wildman–Crippen LogP) is 3.83. The SMILES string of the molecule is CC(C)(C)OC(=O)c1c(N)ccc(-c2ccccc2)c1C(=O)C1CCCN1. The van der Waals surface area contributed by atoms with E-state index in [2.05, 4.69) is 5.32 Å². The van der Waals surface area contributed by atoms with Gasteiger partial charge in [-0.3, -0.25) is 4.79 Å². The quantitative estimate of drug-likeness (QED) is 0.488. The molecule has 1 saturated heterocycles. The molecule has 2 aromatic rings. The van der Waals surface area contributed by atoms with Crippen LogP contribution < -0.4 is 11.1 Å². The first-order chi connectivity index (χ1) is 12.8. The molecular formula is C22H26N2O3. The van der Waals surface area contributed by atoms with E-state index < -0.39 is 11.6 Å². The minimum Gasteiger partial charge on any atom is -0.456 e. The fourth-order valence-corrected chi connectivity index (χ4v) is 3.36. The number of nitrogens with two attached hydrogens (primary N) is 1. The van der Waals surface area contributed by atoms with Gasteiger partial charge in [-0.2, -0.15) is 0 Å². The molecule has 3 rings (SSSR count). The Bertz CT molecular complexity index is 848. The van der Waals surface area contributed by atoms with Crippen LogP contribution in [0.15, 0.2) is 42.5 Å². The van der Waals surface area contributed by atoms with Gasteiger partial charge in [0.1, 0.15) is 5.60 Å². The highest BCUT2D eigenvalue weighted by atomic mass is 16.6. The Hall–Kier alpha value is -2.66. The van der Waals surface area contributed by atoms with Crippen LogP contribution in [0.2, 0.25) is 0 Å². The molecule has 1 aliphatic rings. The summed E-state index contributed by atoms with van der Waals surface area (Å²) in [7, 11) is 0. The molecule has 27 heavy (non-hydrogen) atoms. The van der Waals surface area contributed by atoms with Crippen LogP contribution in [0, 0.1) is 0 Å². The lowest BCUT2D eigenvalue weighted by molar-refractivity contribution is 0.00690. The maximum Gasteiger partial charge on any atom is 0.341 e. The van der Waals surface area contributed by atoms with E-state index in [1.54, 1.807) is 32.9 Å². The Labute approximate surface area is 159 Å². The summed E-state index contributed by atoms with van der Waals surface area (Å²) in [5.74, 6) is -0.682. The summed E-state index contributed by atoms with van der Waals surface area (Å²) in [6.07, 6.45) is 1.68. The number of carbonyl (C=O) groups excluding carboxylic acids is 2. The monoisotopic (exact) mass is 366 g/mol. The largest absolute Gasteiger partial charge is 0.456 e. The molecule has 142 valence electrons. The van der Waals surface area contributed by atoms with Crippen LogP contribution in [0.3, 0.4) is 0 Å². The number of Topliss-reactive ketones (excluding diaryl/α,β-unsaturated/α-hetero) is 1. The fourth-order valence-electron chi connectivity index (χ4n) is 3.36. The van der Waals surface area contributed by atoms with Crippen molar-refractivity contribution in [3.63, 3.8) is 0 Å². The van der Waals surface area contributed by atoms with Gasteiger partial charge in [0.05, 0.1) is 11.6 Å². The number of hydrogen-bond donors (Lipinski definition) is 2. The number of nitrogens with one attached hydrogen (secondary N) is 1. The number of carbonyl (C=O) groups is 2. The zero-order valence-electron chi connectivity index (χ0n) is 16.0. The number of esters is 1. The Balaban J connectivity index is 2.19. The lowest BCUT2D eigenvalue weighted by Gasteiger charge is -2.23. The molecule has 5 heteroatoms. The Kier molecular flexibility index (Phi) is 5.33. The van der Waals surface area contributed by atoms with E-state index in [4.69, 9.17) is 10.5 Å². The maximum atomic E-state index is 13.4. The average Bonchev–Trinajstić information content (AvgIpc) is 3.14. The molecule has 1 unspecified atom stereocenters. The zero-order valence-corrected chi connectivity index (χ0v) is 16.0. The van der Waals surface area contributed by atoms with Crippen LogP contribution in [0.5, 0.6) is 0 Å². The minimum atomic E-state index is -0.682. The number of ether oxygens (including phenoxy) is 1. The van der Waals surface area contributed by atoms with E-state index in [1.165, 1.54) is 0 Å². The third-order valence-corrected chi connectivity index (χ3v) is 4.55. The highest BCUT2D eigenvalue weighted by Crippen LogP contribution is 2.33. The summed E-state index contributed by atoms with van der Waals surface area (Å²) in [6, 6.07) is 12.7. The number of nitrogen functional groups attached to an aromatic ring is 1. The second-order valence-corrected chi connectivity index (χ2v) is 7.83. The first-order valence-corrected chi connectivity index (χ1v) is 9.27. The van der Waals surface area contributed by atoms with E-state index in [0.29, 0.717) is 11.1 Å². The van der Waals surface area contributed by atoms with Gasteiger partial charge in [-0.1, -0.05) is 36.4 Å². The standard InChI is InChI=1S/C22H26N2O3/c1-22(2,3)27-21(26)19-16(23)12-11-15(14-8-5-4-6-9-14)18(19)20(25)17-10-7-13-24-17/h4-6,8-9,11-12,17,24H,7,10,13,23H2,1-3H3. The van der Waals surface area contributed by atoms with Gasteiger partial charge in [0.15, 0.2) is 5.78 Å². The predicted molar refractivity (Wildman–Crippen MR) is 107 cm³/mol. The van der Waals surface area contributed by atoms with Crippen LogP contribution in [-0.2, 0) is 4.74 Å². The van der Waals surface area contributed by atoms with Crippen LogP contribution in [0.1, 0.15) is 54.3 Å². The third-order valence-electron chi connectivity index (χ3n) is 4.55. The summed E-state index contributed by atoms with van der Waals surface area (Å²) in [4.78, 5) is 26.3. The van der Waals surface area contributed by atoms with E-state index in [9.17, 15) is 9.59 Å². The number of ketones is 1. The van der Waals surface area contributed by atoms with Crippen molar-refractivity contribution in [2.75, 3.05) is 12.3 Å². The summed E-state index contributed by atoms with van der Waals surface area (Å²) >= 11 is 0. The van der Waals surface area contributed by atoms with Crippen LogP contribution in [0.25, 0.3) is 11.1 Å². The van der Waals surface area contributed by atoms with E-state index in [1.807, 2.05) is 30.3 Å². The van der Waals surface area contributed by atoms with Crippen LogP contribution in [-0.4, -0.2) is 29.9 Å². The van der Waals surface area contributed by atoms with Gasteiger partial charge < -0.3 is 15.8 Å². The molecule has 0 saturated carbocycles. The second kappa shape index (κ2) is 7.53. The molecule has 1 fully saturated rings. The molecule has 0 bridgehead atoms. The number of hydrogen-bond acceptors (Lipinski definition) is 5. The van der Waals surface area contributed by atoms with E-state index >= 15 is 0 Å². The first-order valence-electron chi connectivity index (χ1n) is 9.27. The molecule has 1 heterocycles. The van der Waals surface area contributed by atoms with Gasteiger partial charge in [-0.25, -0.2) is 4.79 Å². The molecule has 1 aliphatic heterocycles. The van der Waals surface area contributed by atoms with E-state index in [-0.39, 0.29) is 23.1 Å². The molecule has 2 aromatic carbocycles. The van der Waals surface area contributed by atoms with Crippen molar-refractivity contribution < 1.29 is 14.3 Å². The Morgan fingerprint density at radius 2 is 1.78 bits per heavy atom. The summed E-state index contributed by atoms with van der Waals surface area (Å²) < 4.78 is 5.56. The fraction of sp³-hybridized carbons (Fsp3) is 0.364. The minimum absolute atomic E-state index is 0.112. The Morgan fingerprint density at radius 1 is 1.07 bits per heavy atom. The van der Waals surface area contributed by atoms with Gasteiger partial charge >= 0.3 is 5.97 Å². The highest BCUT2D eigenvalue weighted by Gasteiger charge is 2.32. The molecule has 1 atom stereocenters. The van der Waals surface area contributed by atoms with Crippen molar-refractivity contribution in [1.29, 1.82) is 0 Å². The smallest absolute Gasteiger partial charge is 0.341 e. The summed E-state index contributed by atoms with van der Waals surface area (Å²) in [5.41, 5.74) is 7.79. The van der Waals surface area contributed by atoms with Gasteiger partial charge in [-0.15, -0.1) is 0 Å². The topological polar surface area (TPSA) is 81.4 Å². The summed E-state index contributed by atoms with van der Waals surface area (Å²) in [6.45, 7) is 6.17. The molecule has 3 N–H and O–H groups in total. The molecular weight excluding hydrogens is 340 g/mol. The average molecular weight is 366 g/mol. The summed E-state index contributed by atoms with van der Waals surface area (Å²) in [5, 5.41) is 3.22. The van der Waals surface area contributed by atoms with Crippen LogP contribution >= 0.6 is 0 Å². The molecule has 0 spiro atoms. The maximum absolute atomic E-state index is 13.4. The van der Waals surface area contributed by atoms with Crippen LogP contribution in [0.4, 0.5) is 5.69 Å². The van der Waals surface area contributed by atoms with E-state index in [0.717, 1.165) is 24.9 Å². The Morgan fingerprint density at radius 3 is 2.37 bits per heavy atom. The van der Waals surface area contributed by atoms with Crippen molar-refractivity contribution in [3.05, 3.63) is 53.6 Å². The lowest BCUT2D eigenvalue weighted by atomic mass is 9.88. The van der Waals surface area contributed by atoms with Crippen molar-refractivity contribution in [3.8, 4) is 11.1 Å². The van der Waals surface area contributed by atoms with Gasteiger partial charge in [0.25, 0.3) is 0 Å². The first kappa shape index (κ1) is 19.1.